The molecule has 0 radical (unpaired) electrons. The predicted molar refractivity (Wildman–Crippen MR) is 81.7 cm³/mol. The largest absolute Gasteiger partial charge is 0.352 e. The molecule has 1 N–H and O–H groups in total. The molecule has 0 saturated carbocycles. The van der Waals surface area contributed by atoms with Gasteiger partial charge in [-0.2, -0.15) is 0 Å². The Morgan fingerprint density at radius 2 is 2.00 bits per heavy atom. The van der Waals surface area contributed by atoms with Crippen LogP contribution in [-0.4, -0.2) is 31.4 Å². The number of carbonyl (C=O) groups excluding carboxylic acids is 1. The minimum absolute atomic E-state index is 0.179. The van der Waals surface area contributed by atoms with Crippen LogP contribution in [0.15, 0.2) is 24.3 Å². The number of benzene rings is 1. The summed E-state index contributed by atoms with van der Waals surface area (Å²) in [7, 11) is -3.46. The molecule has 0 aliphatic heterocycles. The van der Waals surface area contributed by atoms with E-state index in [1.54, 1.807) is 6.07 Å². The topological polar surface area (TPSA) is 63.2 Å². The van der Waals surface area contributed by atoms with Gasteiger partial charge in [-0.1, -0.05) is 23.7 Å². The molecule has 0 heterocycles. The summed E-state index contributed by atoms with van der Waals surface area (Å²) in [6.07, 6.45) is 1.65. The van der Waals surface area contributed by atoms with Gasteiger partial charge < -0.3 is 5.32 Å². The molecule has 20 heavy (non-hydrogen) atoms. The highest BCUT2D eigenvalue weighted by Gasteiger charge is 2.38. The Labute approximate surface area is 125 Å². The van der Waals surface area contributed by atoms with E-state index in [2.05, 4.69) is 5.32 Å². The van der Waals surface area contributed by atoms with Crippen molar-refractivity contribution < 1.29 is 13.2 Å². The fraction of sp³-hybridized carbons (Fsp3) is 0.500. The molecule has 0 unspecified atom stereocenters. The van der Waals surface area contributed by atoms with Crippen LogP contribution in [0.2, 0.25) is 5.02 Å². The standard InChI is InChI=1S/C14H20ClNO3S/c1-10(8-11-6-5-7-12(15)9-11)16-13(17)14(2,3)20(4,18)19/h5-7,9-10H,8H2,1-4H3,(H,16,17)/t10-/m0/s1. The van der Waals surface area contributed by atoms with E-state index >= 15 is 0 Å². The second-order valence-electron chi connectivity index (χ2n) is 5.49. The van der Waals surface area contributed by atoms with Gasteiger partial charge in [0.25, 0.3) is 0 Å². The van der Waals surface area contributed by atoms with Crippen LogP contribution in [0, 0.1) is 0 Å². The molecule has 0 fully saturated rings. The SMILES string of the molecule is C[C@@H](Cc1cccc(Cl)c1)NC(=O)C(C)(C)S(C)(=O)=O. The van der Waals surface area contributed by atoms with E-state index < -0.39 is 20.5 Å². The highest BCUT2D eigenvalue weighted by Crippen LogP contribution is 2.16. The lowest BCUT2D eigenvalue weighted by molar-refractivity contribution is -0.123. The third-order valence-electron chi connectivity index (χ3n) is 3.28. The van der Waals surface area contributed by atoms with E-state index in [4.69, 9.17) is 11.6 Å². The molecule has 1 amide bonds. The number of hydrogen-bond acceptors (Lipinski definition) is 3. The molecule has 1 rings (SSSR count). The lowest BCUT2D eigenvalue weighted by Crippen LogP contribution is -2.50. The number of nitrogens with one attached hydrogen (secondary N) is 1. The predicted octanol–water partition coefficient (Wildman–Crippen LogP) is 2.21. The van der Waals surface area contributed by atoms with Crippen molar-refractivity contribution in [3.8, 4) is 0 Å². The Morgan fingerprint density at radius 3 is 2.50 bits per heavy atom. The number of amides is 1. The first-order valence-electron chi connectivity index (χ1n) is 6.29. The highest BCUT2D eigenvalue weighted by atomic mass is 35.5. The van der Waals surface area contributed by atoms with Crippen LogP contribution in [-0.2, 0) is 21.1 Å². The highest BCUT2D eigenvalue weighted by molar-refractivity contribution is 7.92. The molecule has 6 heteroatoms. The van der Waals surface area contributed by atoms with Crippen LogP contribution >= 0.6 is 11.6 Å². The van der Waals surface area contributed by atoms with Gasteiger partial charge in [0, 0.05) is 17.3 Å². The first-order valence-corrected chi connectivity index (χ1v) is 8.56. The van der Waals surface area contributed by atoms with Crippen LogP contribution in [0.25, 0.3) is 0 Å². The first kappa shape index (κ1) is 17.0. The molecule has 0 spiro atoms. The van der Waals surface area contributed by atoms with Gasteiger partial charge in [0.05, 0.1) is 0 Å². The molecule has 1 aromatic rings. The molecule has 1 aromatic carbocycles. The van der Waals surface area contributed by atoms with Crippen molar-refractivity contribution in [3.05, 3.63) is 34.9 Å². The molecule has 0 aliphatic rings. The second-order valence-corrected chi connectivity index (χ2v) is 8.49. The number of hydrogen-bond donors (Lipinski definition) is 1. The number of sulfone groups is 1. The number of halogens is 1. The van der Waals surface area contributed by atoms with Crippen LogP contribution in [0.1, 0.15) is 26.3 Å². The van der Waals surface area contributed by atoms with Crippen molar-refractivity contribution in [3.63, 3.8) is 0 Å². The lowest BCUT2D eigenvalue weighted by Gasteiger charge is -2.24. The van der Waals surface area contributed by atoms with E-state index in [1.807, 2.05) is 25.1 Å². The molecular weight excluding hydrogens is 298 g/mol. The van der Waals surface area contributed by atoms with Crippen LogP contribution in [0.4, 0.5) is 0 Å². The third kappa shape index (κ3) is 4.21. The maximum absolute atomic E-state index is 12.1. The Kier molecular flexibility index (Phi) is 5.21. The molecule has 0 aliphatic carbocycles. The fourth-order valence-corrected chi connectivity index (χ4v) is 2.24. The van der Waals surface area contributed by atoms with Gasteiger partial charge in [-0.25, -0.2) is 8.42 Å². The van der Waals surface area contributed by atoms with Crippen molar-refractivity contribution in [2.75, 3.05) is 6.26 Å². The average Bonchev–Trinajstić information content (AvgIpc) is 2.26. The maximum Gasteiger partial charge on any atom is 0.241 e. The molecule has 1 atom stereocenters. The Hall–Kier alpha value is -1.07. The van der Waals surface area contributed by atoms with E-state index in [1.165, 1.54) is 13.8 Å². The van der Waals surface area contributed by atoms with Crippen molar-refractivity contribution in [2.24, 2.45) is 0 Å². The van der Waals surface area contributed by atoms with E-state index in [0.717, 1.165) is 11.8 Å². The fourth-order valence-electron chi connectivity index (χ4n) is 1.63. The molecule has 112 valence electrons. The first-order chi connectivity index (χ1) is 9.04. The summed E-state index contributed by atoms with van der Waals surface area (Å²) in [5.74, 6) is -0.491. The average molecular weight is 318 g/mol. The second kappa shape index (κ2) is 6.14. The summed E-state index contributed by atoms with van der Waals surface area (Å²) in [5, 5.41) is 3.37. The maximum atomic E-state index is 12.1. The van der Waals surface area contributed by atoms with Crippen LogP contribution < -0.4 is 5.32 Å². The normalized spacial score (nSPS) is 13.8. The van der Waals surface area contributed by atoms with Gasteiger partial charge in [0.2, 0.25) is 5.91 Å². The third-order valence-corrected chi connectivity index (χ3v) is 5.56. The van der Waals surface area contributed by atoms with Gasteiger partial charge in [-0.15, -0.1) is 0 Å². The Morgan fingerprint density at radius 1 is 1.40 bits per heavy atom. The van der Waals surface area contributed by atoms with Gasteiger partial charge in [0.15, 0.2) is 9.84 Å². The molecule has 0 aromatic heterocycles. The summed E-state index contributed by atoms with van der Waals surface area (Å²) in [6.45, 7) is 4.64. The van der Waals surface area contributed by atoms with Gasteiger partial charge >= 0.3 is 0 Å². The van der Waals surface area contributed by atoms with E-state index in [9.17, 15) is 13.2 Å². The summed E-state index contributed by atoms with van der Waals surface area (Å²) in [4.78, 5) is 12.1. The molecule has 4 nitrogen and oxygen atoms in total. The van der Waals surface area contributed by atoms with E-state index in [0.29, 0.717) is 11.4 Å². The van der Waals surface area contributed by atoms with Crippen molar-refractivity contribution in [1.29, 1.82) is 0 Å². The lowest BCUT2D eigenvalue weighted by atomic mass is 10.1. The summed E-state index contributed by atoms with van der Waals surface area (Å²) in [5.41, 5.74) is 0.988. The Balaban J connectivity index is 2.72. The summed E-state index contributed by atoms with van der Waals surface area (Å²) >= 11 is 5.90. The zero-order chi connectivity index (χ0) is 15.6. The molecular formula is C14H20ClNO3S. The number of carbonyl (C=O) groups is 1. The Bertz CT molecular complexity index is 596. The van der Waals surface area contributed by atoms with Gasteiger partial charge in [-0.05, 0) is 44.9 Å². The quantitative estimate of drug-likeness (QED) is 0.905. The monoisotopic (exact) mass is 317 g/mol. The van der Waals surface area contributed by atoms with Gasteiger partial charge in [0.1, 0.15) is 4.75 Å². The van der Waals surface area contributed by atoms with Crippen molar-refractivity contribution in [1.82, 2.24) is 5.32 Å². The zero-order valence-corrected chi connectivity index (χ0v) is 13.7. The minimum atomic E-state index is -3.46. The summed E-state index contributed by atoms with van der Waals surface area (Å²) in [6, 6.07) is 7.18. The zero-order valence-electron chi connectivity index (χ0n) is 12.1. The van der Waals surface area contributed by atoms with Crippen molar-refractivity contribution >= 4 is 27.3 Å². The van der Waals surface area contributed by atoms with E-state index in [-0.39, 0.29) is 6.04 Å². The summed E-state index contributed by atoms with van der Waals surface area (Å²) < 4.78 is 21.8. The van der Waals surface area contributed by atoms with Crippen molar-refractivity contribution in [2.45, 2.75) is 38.0 Å². The molecule has 0 saturated heterocycles. The van der Waals surface area contributed by atoms with Gasteiger partial charge in [-0.3, -0.25) is 4.79 Å². The number of rotatable bonds is 5. The minimum Gasteiger partial charge on any atom is -0.352 e. The smallest absolute Gasteiger partial charge is 0.241 e. The molecule has 0 bridgehead atoms. The van der Waals surface area contributed by atoms with Crippen LogP contribution in [0.5, 0.6) is 0 Å². The van der Waals surface area contributed by atoms with Crippen LogP contribution in [0.3, 0.4) is 0 Å².